The van der Waals surface area contributed by atoms with Gasteiger partial charge in [0.05, 0.1) is 17.0 Å². The topological polar surface area (TPSA) is 84.5 Å². The Kier molecular flexibility index (Phi) is 5.24. The molecule has 0 saturated carbocycles. The van der Waals surface area contributed by atoms with Gasteiger partial charge in [0.2, 0.25) is 10.0 Å². The minimum Gasteiger partial charge on any atom is -0.488 e. The molecule has 2 aromatic rings. The maximum Gasteiger partial charge on any atom is 0.254 e. The number of rotatable bonds is 6. The van der Waals surface area contributed by atoms with Gasteiger partial charge in [0, 0.05) is 13.0 Å². The van der Waals surface area contributed by atoms with Gasteiger partial charge in [-0.2, -0.15) is 0 Å². The SMILES string of the molecule is CCNS(=O)(=O)c1ccc(F)c(C(=O)NC[C@@H]2Cc3ccccc3O2)c1. The molecule has 1 aliphatic rings. The van der Waals surface area contributed by atoms with E-state index in [1.54, 1.807) is 6.92 Å². The standard InChI is InChI=1S/C18H19FN2O4S/c1-2-21-26(23,24)14-7-8-16(19)15(10-14)18(22)20-11-13-9-12-5-3-4-6-17(12)25-13/h3-8,10,13,21H,2,9,11H2,1H3,(H,20,22)/t13-/m0/s1. The summed E-state index contributed by atoms with van der Waals surface area (Å²) in [4.78, 5) is 12.2. The molecule has 0 radical (unpaired) electrons. The summed E-state index contributed by atoms with van der Waals surface area (Å²) in [6.45, 7) is 2.02. The molecule has 0 unspecified atom stereocenters. The number of carbonyl (C=O) groups is 1. The van der Waals surface area contributed by atoms with Crippen LogP contribution in [-0.2, 0) is 16.4 Å². The van der Waals surface area contributed by atoms with Gasteiger partial charge in [-0.15, -0.1) is 0 Å². The van der Waals surface area contributed by atoms with Crippen LogP contribution in [0, 0.1) is 5.82 Å². The summed E-state index contributed by atoms with van der Waals surface area (Å²) in [6, 6.07) is 10.7. The minimum atomic E-state index is -3.77. The second kappa shape index (κ2) is 7.43. The zero-order valence-corrected chi connectivity index (χ0v) is 15.0. The zero-order valence-electron chi connectivity index (χ0n) is 14.2. The lowest BCUT2D eigenvalue weighted by Crippen LogP contribution is -2.35. The third-order valence-electron chi connectivity index (χ3n) is 4.03. The molecule has 8 heteroatoms. The fourth-order valence-electron chi connectivity index (χ4n) is 2.79. The number of benzene rings is 2. The van der Waals surface area contributed by atoms with Gasteiger partial charge in [0.1, 0.15) is 17.7 Å². The highest BCUT2D eigenvalue weighted by Gasteiger charge is 2.24. The molecule has 6 nitrogen and oxygen atoms in total. The molecule has 1 heterocycles. The lowest BCUT2D eigenvalue weighted by atomic mass is 10.1. The first kappa shape index (κ1) is 18.3. The van der Waals surface area contributed by atoms with Crippen LogP contribution in [-0.4, -0.2) is 33.5 Å². The molecule has 1 aliphatic heterocycles. The first-order valence-electron chi connectivity index (χ1n) is 8.22. The molecule has 0 aliphatic carbocycles. The summed E-state index contributed by atoms with van der Waals surface area (Å²) in [5.41, 5.74) is 0.733. The molecule has 1 atom stereocenters. The Balaban J connectivity index is 1.69. The van der Waals surface area contributed by atoms with Gasteiger partial charge in [-0.3, -0.25) is 4.79 Å². The van der Waals surface area contributed by atoms with Crippen molar-refractivity contribution in [3.8, 4) is 5.75 Å². The number of amides is 1. The Hall–Kier alpha value is -2.45. The molecular weight excluding hydrogens is 359 g/mol. The maximum absolute atomic E-state index is 14.0. The van der Waals surface area contributed by atoms with Crippen LogP contribution >= 0.6 is 0 Å². The monoisotopic (exact) mass is 378 g/mol. The molecule has 0 bridgehead atoms. The van der Waals surface area contributed by atoms with Crippen LogP contribution in [0.1, 0.15) is 22.8 Å². The third-order valence-corrected chi connectivity index (χ3v) is 5.57. The second-order valence-corrected chi connectivity index (χ2v) is 7.67. The highest BCUT2D eigenvalue weighted by atomic mass is 32.2. The van der Waals surface area contributed by atoms with E-state index in [2.05, 4.69) is 10.0 Å². The summed E-state index contributed by atoms with van der Waals surface area (Å²) in [5, 5.41) is 2.61. The van der Waals surface area contributed by atoms with Crippen LogP contribution in [0.4, 0.5) is 4.39 Å². The number of hydrogen-bond donors (Lipinski definition) is 2. The van der Waals surface area contributed by atoms with Crippen molar-refractivity contribution in [3.05, 3.63) is 59.4 Å². The molecule has 2 N–H and O–H groups in total. The van der Waals surface area contributed by atoms with Gasteiger partial charge in [0.15, 0.2) is 0 Å². The van der Waals surface area contributed by atoms with Gasteiger partial charge < -0.3 is 10.1 Å². The van der Waals surface area contributed by atoms with Crippen molar-refractivity contribution >= 4 is 15.9 Å². The van der Waals surface area contributed by atoms with E-state index >= 15 is 0 Å². The van der Waals surface area contributed by atoms with Crippen molar-refractivity contribution in [1.29, 1.82) is 0 Å². The van der Waals surface area contributed by atoms with Gasteiger partial charge in [0.25, 0.3) is 5.91 Å². The normalized spacial score (nSPS) is 16.0. The predicted octanol–water partition coefficient (Wildman–Crippen LogP) is 1.86. The minimum absolute atomic E-state index is 0.157. The van der Waals surface area contributed by atoms with Crippen molar-refractivity contribution in [1.82, 2.24) is 10.0 Å². The van der Waals surface area contributed by atoms with Gasteiger partial charge in [-0.1, -0.05) is 25.1 Å². The van der Waals surface area contributed by atoms with E-state index in [1.165, 1.54) is 0 Å². The van der Waals surface area contributed by atoms with Crippen LogP contribution in [0.3, 0.4) is 0 Å². The largest absolute Gasteiger partial charge is 0.488 e. The van der Waals surface area contributed by atoms with E-state index in [9.17, 15) is 17.6 Å². The van der Waals surface area contributed by atoms with Crippen LogP contribution < -0.4 is 14.8 Å². The number of para-hydroxylation sites is 1. The second-order valence-electron chi connectivity index (χ2n) is 5.90. The van der Waals surface area contributed by atoms with Gasteiger partial charge >= 0.3 is 0 Å². The quantitative estimate of drug-likeness (QED) is 0.804. The Morgan fingerprint density at radius 1 is 1.27 bits per heavy atom. The Labute approximate surface area is 151 Å². The van der Waals surface area contributed by atoms with Crippen molar-refractivity contribution in [2.45, 2.75) is 24.3 Å². The van der Waals surface area contributed by atoms with E-state index in [0.29, 0.717) is 6.42 Å². The van der Waals surface area contributed by atoms with Crippen LogP contribution in [0.25, 0.3) is 0 Å². The molecule has 0 spiro atoms. The molecule has 0 fully saturated rings. The van der Waals surface area contributed by atoms with Crippen molar-refractivity contribution < 1.29 is 22.3 Å². The lowest BCUT2D eigenvalue weighted by molar-refractivity contribution is 0.0929. The van der Waals surface area contributed by atoms with Crippen molar-refractivity contribution in [2.24, 2.45) is 0 Å². The molecule has 0 saturated heterocycles. The molecule has 138 valence electrons. The molecule has 1 amide bonds. The molecule has 26 heavy (non-hydrogen) atoms. The highest BCUT2D eigenvalue weighted by Crippen LogP contribution is 2.27. The Morgan fingerprint density at radius 2 is 2.04 bits per heavy atom. The number of nitrogens with one attached hydrogen (secondary N) is 2. The number of fused-ring (bicyclic) bond motifs is 1. The third kappa shape index (κ3) is 3.86. The first-order chi connectivity index (χ1) is 12.4. The number of halogens is 1. The molecule has 0 aromatic heterocycles. The average Bonchev–Trinajstić information content (AvgIpc) is 3.02. The van der Waals surface area contributed by atoms with Crippen molar-refractivity contribution in [2.75, 3.05) is 13.1 Å². The highest BCUT2D eigenvalue weighted by molar-refractivity contribution is 7.89. The summed E-state index contributed by atoms with van der Waals surface area (Å²) >= 11 is 0. The van der Waals surface area contributed by atoms with E-state index in [0.717, 1.165) is 29.5 Å². The molecule has 2 aromatic carbocycles. The number of carbonyl (C=O) groups excluding carboxylic acids is 1. The number of hydrogen-bond acceptors (Lipinski definition) is 4. The van der Waals surface area contributed by atoms with E-state index < -0.39 is 21.7 Å². The Bertz CT molecular complexity index is 906. The lowest BCUT2D eigenvalue weighted by Gasteiger charge is -2.13. The number of ether oxygens (including phenoxy) is 1. The smallest absolute Gasteiger partial charge is 0.254 e. The van der Waals surface area contributed by atoms with E-state index in [4.69, 9.17) is 4.74 Å². The predicted molar refractivity (Wildman–Crippen MR) is 94.2 cm³/mol. The summed E-state index contributed by atoms with van der Waals surface area (Å²) < 4.78 is 46.1. The van der Waals surface area contributed by atoms with Crippen LogP contribution in [0.5, 0.6) is 5.75 Å². The Morgan fingerprint density at radius 3 is 2.77 bits per heavy atom. The van der Waals surface area contributed by atoms with Crippen molar-refractivity contribution in [3.63, 3.8) is 0 Å². The summed E-state index contributed by atoms with van der Waals surface area (Å²) in [7, 11) is -3.77. The molecular formula is C18H19FN2O4S. The molecule has 3 rings (SSSR count). The maximum atomic E-state index is 14.0. The summed E-state index contributed by atoms with van der Waals surface area (Å²) in [6.07, 6.45) is 0.404. The first-order valence-corrected chi connectivity index (χ1v) is 9.71. The van der Waals surface area contributed by atoms with Crippen LogP contribution in [0.2, 0.25) is 0 Å². The fourth-order valence-corrected chi connectivity index (χ4v) is 3.86. The zero-order chi connectivity index (χ0) is 18.7. The summed E-state index contributed by atoms with van der Waals surface area (Å²) in [5.74, 6) is -0.694. The average molecular weight is 378 g/mol. The van der Waals surface area contributed by atoms with Gasteiger partial charge in [-0.05, 0) is 29.8 Å². The number of sulfonamides is 1. The van der Waals surface area contributed by atoms with Gasteiger partial charge in [-0.25, -0.2) is 17.5 Å². The van der Waals surface area contributed by atoms with Crippen LogP contribution in [0.15, 0.2) is 47.4 Å². The van der Waals surface area contributed by atoms with E-state index in [-0.39, 0.29) is 29.7 Å². The fraction of sp³-hybridized carbons (Fsp3) is 0.278. The van der Waals surface area contributed by atoms with E-state index in [1.807, 2.05) is 24.3 Å².